The second kappa shape index (κ2) is 7.44. The number of amides is 2. The van der Waals surface area contributed by atoms with E-state index in [4.69, 9.17) is 0 Å². The van der Waals surface area contributed by atoms with Gasteiger partial charge in [-0.2, -0.15) is 5.10 Å². The Labute approximate surface area is 157 Å². The van der Waals surface area contributed by atoms with Crippen LogP contribution in [0.3, 0.4) is 0 Å². The molecule has 26 heavy (non-hydrogen) atoms. The molecule has 0 bridgehead atoms. The summed E-state index contributed by atoms with van der Waals surface area (Å²) in [6, 6.07) is 10.7. The van der Waals surface area contributed by atoms with Crippen LogP contribution in [-0.2, 0) is 6.54 Å². The smallest absolute Gasteiger partial charge is 0.294 e. The second-order valence-electron chi connectivity index (χ2n) is 5.38. The molecule has 9 heteroatoms. The van der Waals surface area contributed by atoms with Gasteiger partial charge >= 0.3 is 0 Å². The maximum atomic E-state index is 12.2. The number of hydrogen-bond donors (Lipinski definition) is 3. The SMILES string of the molecule is CCn1cc(Br)cc1C(=O)NNC(=O)c1nn(-c2ccccc2)cc1O. The van der Waals surface area contributed by atoms with Crippen LogP contribution in [0, 0.1) is 0 Å². The lowest BCUT2D eigenvalue weighted by Crippen LogP contribution is -2.42. The average molecular weight is 418 g/mol. The molecule has 2 aromatic heterocycles. The highest BCUT2D eigenvalue weighted by molar-refractivity contribution is 9.10. The number of hydrogen-bond acceptors (Lipinski definition) is 4. The molecule has 3 aromatic rings. The van der Waals surface area contributed by atoms with Crippen LogP contribution in [0.1, 0.15) is 27.9 Å². The van der Waals surface area contributed by atoms with Crippen LogP contribution in [-0.4, -0.2) is 31.3 Å². The highest BCUT2D eigenvalue weighted by Crippen LogP contribution is 2.18. The maximum absolute atomic E-state index is 12.2. The molecule has 0 saturated heterocycles. The van der Waals surface area contributed by atoms with Crippen molar-refractivity contribution in [1.29, 1.82) is 0 Å². The molecule has 1 aromatic carbocycles. The number of benzene rings is 1. The molecule has 0 saturated carbocycles. The summed E-state index contributed by atoms with van der Waals surface area (Å²) in [6.07, 6.45) is 3.09. The molecule has 3 rings (SSSR count). The summed E-state index contributed by atoms with van der Waals surface area (Å²) in [6.45, 7) is 2.50. The Morgan fingerprint density at radius 1 is 1.15 bits per heavy atom. The Balaban J connectivity index is 1.71. The van der Waals surface area contributed by atoms with Crippen molar-refractivity contribution < 1.29 is 14.7 Å². The summed E-state index contributed by atoms with van der Waals surface area (Å²) in [4.78, 5) is 24.5. The third-order valence-electron chi connectivity index (χ3n) is 3.66. The van der Waals surface area contributed by atoms with Crippen molar-refractivity contribution in [2.24, 2.45) is 0 Å². The number of nitrogens with one attached hydrogen (secondary N) is 2. The van der Waals surface area contributed by atoms with Gasteiger partial charge < -0.3 is 9.67 Å². The maximum Gasteiger partial charge on any atom is 0.294 e. The first kappa shape index (κ1) is 17.7. The molecule has 2 amide bonds. The highest BCUT2D eigenvalue weighted by atomic mass is 79.9. The molecule has 0 fully saturated rings. The zero-order valence-electron chi connectivity index (χ0n) is 13.8. The van der Waals surface area contributed by atoms with Crippen molar-refractivity contribution in [3.63, 3.8) is 0 Å². The van der Waals surface area contributed by atoms with E-state index in [1.54, 1.807) is 29.0 Å². The standard InChI is InChI=1S/C17H16BrN5O3/c1-2-22-9-11(18)8-13(22)16(25)19-20-17(26)15-14(24)10-23(21-15)12-6-4-3-5-7-12/h3-10,24H,2H2,1H3,(H,19,25)(H,20,26). The minimum absolute atomic E-state index is 0.193. The number of carbonyl (C=O) groups is 2. The van der Waals surface area contributed by atoms with Gasteiger partial charge in [0.1, 0.15) is 5.69 Å². The van der Waals surface area contributed by atoms with E-state index in [0.29, 0.717) is 17.9 Å². The molecule has 0 aliphatic heterocycles. The number of aryl methyl sites for hydroxylation is 1. The Hall–Kier alpha value is -3.07. The van der Waals surface area contributed by atoms with Gasteiger partial charge in [0.05, 0.1) is 11.9 Å². The predicted molar refractivity (Wildman–Crippen MR) is 98.0 cm³/mol. The largest absolute Gasteiger partial charge is 0.504 e. The molecule has 0 radical (unpaired) electrons. The summed E-state index contributed by atoms with van der Waals surface area (Å²) in [5, 5.41) is 14.0. The number of aromatic nitrogens is 3. The lowest BCUT2D eigenvalue weighted by atomic mass is 10.3. The second-order valence-corrected chi connectivity index (χ2v) is 6.30. The third-order valence-corrected chi connectivity index (χ3v) is 4.09. The summed E-state index contributed by atoms with van der Waals surface area (Å²) in [5.74, 6) is -1.49. The topological polar surface area (TPSA) is 101 Å². The molecule has 134 valence electrons. The zero-order valence-corrected chi connectivity index (χ0v) is 15.4. The van der Waals surface area contributed by atoms with Gasteiger partial charge in [0.15, 0.2) is 11.4 Å². The van der Waals surface area contributed by atoms with Crippen LogP contribution in [0.4, 0.5) is 0 Å². The van der Waals surface area contributed by atoms with E-state index in [-0.39, 0.29) is 11.4 Å². The van der Waals surface area contributed by atoms with Crippen molar-refractivity contribution >= 4 is 27.7 Å². The third kappa shape index (κ3) is 3.62. The number of hydrazine groups is 1. The fraction of sp³-hybridized carbons (Fsp3) is 0.118. The van der Waals surface area contributed by atoms with Gasteiger partial charge in [-0.3, -0.25) is 20.4 Å². The molecule has 8 nitrogen and oxygen atoms in total. The van der Waals surface area contributed by atoms with Gasteiger partial charge in [-0.1, -0.05) is 18.2 Å². The minimum Gasteiger partial charge on any atom is -0.504 e. The van der Waals surface area contributed by atoms with E-state index in [2.05, 4.69) is 31.9 Å². The molecule has 3 N–H and O–H groups in total. The van der Waals surface area contributed by atoms with Gasteiger partial charge in [0, 0.05) is 17.2 Å². The van der Waals surface area contributed by atoms with E-state index in [1.165, 1.54) is 10.9 Å². The van der Waals surface area contributed by atoms with E-state index >= 15 is 0 Å². The van der Waals surface area contributed by atoms with Gasteiger partial charge in [0.2, 0.25) is 0 Å². The molecule has 2 heterocycles. The monoisotopic (exact) mass is 417 g/mol. The van der Waals surface area contributed by atoms with Crippen LogP contribution in [0.25, 0.3) is 5.69 Å². The van der Waals surface area contributed by atoms with Crippen molar-refractivity contribution in [1.82, 2.24) is 25.2 Å². The minimum atomic E-state index is -0.723. The molecular weight excluding hydrogens is 402 g/mol. The number of halogens is 1. The van der Waals surface area contributed by atoms with Crippen molar-refractivity contribution in [3.05, 3.63) is 64.7 Å². The molecule has 0 aliphatic rings. The van der Waals surface area contributed by atoms with Gasteiger partial charge in [-0.15, -0.1) is 0 Å². The zero-order chi connectivity index (χ0) is 18.7. The first-order valence-corrected chi connectivity index (χ1v) is 8.59. The first-order chi connectivity index (χ1) is 12.5. The van der Waals surface area contributed by atoms with Gasteiger partial charge in [-0.05, 0) is 41.1 Å². The summed E-state index contributed by atoms with van der Waals surface area (Å²) >= 11 is 3.31. The highest BCUT2D eigenvalue weighted by Gasteiger charge is 2.19. The summed E-state index contributed by atoms with van der Waals surface area (Å²) < 4.78 is 3.87. The molecule has 0 atom stereocenters. The van der Waals surface area contributed by atoms with Crippen molar-refractivity contribution in [2.75, 3.05) is 0 Å². The predicted octanol–water partition coefficient (Wildman–Crippen LogP) is 2.24. The number of aromatic hydroxyl groups is 1. The lowest BCUT2D eigenvalue weighted by molar-refractivity contribution is 0.0837. The molecule has 0 unspecified atom stereocenters. The summed E-state index contributed by atoms with van der Waals surface area (Å²) in [7, 11) is 0. The fourth-order valence-electron chi connectivity index (χ4n) is 2.40. The quantitative estimate of drug-likeness (QED) is 0.566. The number of para-hydroxylation sites is 1. The van der Waals surface area contributed by atoms with E-state index < -0.39 is 11.8 Å². The van der Waals surface area contributed by atoms with Crippen LogP contribution >= 0.6 is 15.9 Å². The normalized spacial score (nSPS) is 10.5. The first-order valence-electron chi connectivity index (χ1n) is 7.80. The van der Waals surface area contributed by atoms with Crippen LogP contribution < -0.4 is 10.9 Å². The fourth-order valence-corrected chi connectivity index (χ4v) is 2.87. The van der Waals surface area contributed by atoms with E-state index in [9.17, 15) is 14.7 Å². The molecule has 0 aliphatic carbocycles. The van der Waals surface area contributed by atoms with Crippen LogP contribution in [0.2, 0.25) is 0 Å². The van der Waals surface area contributed by atoms with E-state index in [0.717, 1.165) is 4.47 Å². The lowest BCUT2D eigenvalue weighted by Gasteiger charge is -2.08. The van der Waals surface area contributed by atoms with Crippen LogP contribution in [0.15, 0.2) is 53.3 Å². The number of rotatable bonds is 4. The number of carbonyl (C=O) groups excluding carboxylic acids is 2. The Kier molecular flexibility index (Phi) is 5.08. The van der Waals surface area contributed by atoms with E-state index in [1.807, 2.05) is 25.1 Å². The number of nitrogens with zero attached hydrogens (tertiary/aromatic N) is 3. The Bertz CT molecular complexity index is 949. The van der Waals surface area contributed by atoms with Crippen molar-refractivity contribution in [3.8, 4) is 11.4 Å². The Morgan fingerprint density at radius 3 is 2.54 bits per heavy atom. The van der Waals surface area contributed by atoms with Gasteiger partial charge in [-0.25, -0.2) is 4.68 Å². The van der Waals surface area contributed by atoms with Crippen molar-refractivity contribution in [2.45, 2.75) is 13.5 Å². The van der Waals surface area contributed by atoms with Gasteiger partial charge in [0.25, 0.3) is 11.8 Å². The summed E-state index contributed by atoms with van der Waals surface area (Å²) in [5.41, 5.74) is 5.47. The Morgan fingerprint density at radius 2 is 1.85 bits per heavy atom. The van der Waals surface area contributed by atoms with Crippen LogP contribution in [0.5, 0.6) is 5.75 Å². The molecular formula is C17H16BrN5O3. The average Bonchev–Trinajstić information content (AvgIpc) is 3.22. The molecule has 0 spiro atoms.